The highest BCUT2D eigenvalue weighted by Crippen LogP contribution is 2.49. The zero-order chi connectivity index (χ0) is 28.0. The molecule has 1 aliphatic heterocycles. The molecule has 12 nitrogen and oxygen atoms in total. The maximum atomic E-state index is 13.6. The predicted molar refractivity (Wildman–Crippen MR) is 140 cm³/mol. The van der Waals surface area contributed by atoms with Gasteiger partial charge in [0.05, 0.1) is 28.7 Å². The van der Waals surface area contributed by atoms with E-state index >= 15 is 0 Å². The number of carbonyl (C=O) groups is 2. The van der Waals surface area contributed by atoms with Crippen molar-refractivity contribution in [2.75, 3.05) is 31.3 Å². The summed E-state index contributed by atoms with van der Waals surface area (Å²) in [6.45, 7) is 2.07. The Labute approximate surface area is 222 Å². The minimum absolute atomic E-state index is 0.0615. The average Bonchev–Trinajstić information content (AvgIpc) is 3.15. The Hall–Kier alpha value is -3.07. The first-order chi connectivity index (χ1) is 18.1. The quantitative estimate of drug-likeness (QED) is 0.184. The lowest BCUT2D eigenvalue weighted by atomic mass is 9.73. The predicted octanol–water partition coefficient (Wildman–Crippen LogP) is 0.776. The molecule has 1 heterocycles. The van der Waals surface area contributed by atoms with E-state index in [1.807, 2.05) is 0 Å². The second-order valence-electron chi connectivity index (χ2n) is 8.92. The van der Waals surface area contributed by atoms with E-state index < -0.39 is 39.2 Å². The number of ether oxygens (including phenoxy) is 2. The summed E-state index contributed by atoms with van der Waals surface area (Å²) < 4.78 is 44.4. The summed E-state index contributed by atoms with van der Waals surface area (Å²) in [4.78, 5) is 26.7. The molecule has 0 saturated carbocycles. The van der Waals surface area contributed by atoms with Gasteiger partial charge in [0.2, 0.25) is 5.72 Å². The Morgan fingerprint density at radius 3 is 2.16 bits per heavy atom. The summed E-state index contributed by atoms with van der Waals surface area (Å²) in [6, 6.07) is 13.6. The van der Waals surface area contributed by atoms with E-state index in [1.54, 1.807) is 37.3 Å². The number of nitrogens with two attached hydrogens (primary N) is 3. The number of hydrogen-bond donors (Lipinski definition) is 5. The van der Waals surface area contributed by atoms with Crippen molar-refractivity contribution < 1.29 is 32.0 Å². The Balaban J connectivity index is 2.26. The first-order valence-corrected chi connectivity index (χ1v) is 13.7. The lowest BCUT2D eigenvalue weighted by molar-refractivity contribution is -0.155. The van der Waals surface area contributed by atoms with Crippen LogP contribution in [0.2, 0.25) is 0 Å². The number of hydrazine groups is 1. The fraction of sp³-hybridized carbons (Fsp3) is 0.440. The van der Waals surface area contributed by atoms with Crippen LogP contribution < -0.4 is 27.6 Å². The van der Waals surface area contributed by atoms with Gasteiger partial charge in [-0.15, -0.1) is 0 Å². The molecule has 38 heavy (non-hydrogen) atoms. The highest BCUT2D eigenvalue weighted by atomic mass is 32.2. The van der Waals surface area contributed by atoms with Crippen LogP contribution in [0, 0.1) is 5.92 Å². The molecule has 3 atom stereocenters. The molecule has 13 heteroatoms. The molecule has 8 N–H and O–H groups in total. The minimum atomic E-state index is -4.46. The van der Waals surface area contributed by atoms with Gasteiger partial charge in [0.1, 0.15) is 5.54 Å². The van der Waals surface area contributed by atoms with Crippen LogP contribution in [0.4, 0.5) is 5.69 Å². The summed E-state index contributed by atoms with van der Waals surface area (Å²) in [5.41, 5.74) is 18.9. The highest BCUT2D eigenvalue weighted by molar-refractivity contribution is 7.85. The van der Waals surface area contributed by atoms with Gasteiger partial charge in [0.25, 0.3) is 10.1 Å². The van der Waals surface area contributed by atoms with E-state index in [4.69, 9.17) is 26.7 Å². The number of nitrogens with one attached hydrogen (secondary N) is 1. The zero-order valence-corrected chi connectivity index (χ0v) is 22.0. The van der Waals surface area contributed by atoms with Crippen LogP contribution in [0.15, 0.2) is 59.5 Å². The molecule has 1 fully saturated rings. The third-order valence-corrected chi connectivity index (χ3v) is 7.50. The summed E-state index contributed by atoms with van der Waals surface area (Å²) in [5.74, 6) is -2.02. The largest absolute Gasteiger partial charge is 0.465 e. The summed E-state index contributed by atoms with van der Waals surface area (Å²) in [6.07, 6.45) is 0.424. The fourth-order valence-corrected chi connectivity index (χ4v) is 5.54. The molecule has 3 unspecified atom stereocenters. The second-order valence-corrected chi connectivity index (χ2v) is 10.3. The van der Waals surface area contributed by atoms with Gasteiger partial charge < -0.3 is 26.7 Å². The van der Waals surface area contributed by atoms with Crippen molar-refractivity contribution in [3.05, 3.63) is 60.2 Å². The molecular weight excluding hydrogens is 514 g/mol. The van der Waals surface area contributed by atoms with Crippen molar-refractivity contribution in [2.45, 2.75) is 42.3 Å². The Morgan fingerprint density at radius 1 is 1.00 bits per heavy atom. The normalized spacial score (nSPS) is 23.3. The van der Waals surface area contributed by atoms with Gasteiger partial charge in [-0.05, 0) is 75.8 Å². The maximum Gasteiger partial charge on any atom is 0.340 e. The van der Waals surface area contributed by atoms with Crippen LogP contribution in [0.5, 0.6) is 0 Å². The molecule has 0 aromatic heterocycles. The van der Waals surface area contributed by atoms with Gasteiger partial charge in [-0.1, -0.05) is 18.2 Å². The van der Waals surface area contributed by atoms with Crippen molar-refractivity contribution >= 4 is 27.7 Å². The van der Waals surface area contributed by atoms with Crippen molar-refractivity contribution in [2.24, 2.45) is 23.1 Å². The second kappa shape index (κ2) is 12.2. The van der Waals surface area contributed by atoms with Crippen LogP contribution >= 0.6 is 0 Å². The third-order valence-electron chi connectivity index (χ3n) is 6.64. The van der Waals surface area contributed by atoms with E-state index in [0.29, 0.717) is 5.69 Å². The number of nitrogens with zero attached hydrogens (tertiary/aromatic N) is 1. The van der Waals surface area contributed by atoms with E-state index in [-0.39, 0.29) is 56.0 Å². The van der Waals surface area contributed by atoms with Gasteiger partial charge in [-0.25, -0.2) is 15.0 Å². The monoisotopic (exact) mass is 549 g/mol. The van der Waals surface area contributed by atoms with E-state index in [0.717, 1.165) is 0 Å². The number of rotatable bonds is 12. The molecule has 0 amide bonds. The standard InChI is InChI=1S/C25H35N5O7S/c1-2-36-23(32)24(13-16-27)21(12-15-26)25(14-17-28,37-22(31)18-6-4-3-5-7-18)30(29-24)19-8-10-20(11-9-19)38(33,34)35/h3-11,21,29H,2,12-17,26-28H2,1H3,(H,33,34,35). The maximum absolute atomic E-state index is 13.6. The van der Waals surface area contributed by atoms with Crippen LogP contribution in [0.1, 0.15) is 36.5 Å². The summed E-state index contributed by atoms with van der Waals surface area (Å²) in [7, 11) is -4.46. The smallest absolute Gasteiger partial charge is 0.340 e. The average molecular weight is 550 g/mol. The lowest BCUT2D eigenvalue weighted by Crippen LogP contribution is -2.57. The van der Waals surface area contributed by atoms with Gasteiger partial charge >= 0.3 is 11.9 Å². The van der Waals surface area contributed by atoms with Crippen molar-refractivity contribution in [3.63, 3.8) is 0 Å². The topological polar surface area (TPSA) is 200 Å². The number of hydrogen-bond acceptors (Lipinski definition) is 11. The van der Waals surface area contributed by atoms with Gasteiger partial charge in [-0.2, -0.15) is 8.42 Å². The minimum Gasteiger partial charge on any atom is -0.465 e. The summed E-state index contributed by atoms with van der Waals surface area (Å²) >= 11 is 0. The van der Waals surface area contributed by atoms with E-state index in [2.05, 4.69) is 5.43 Å². The molecule has 1 saturated heterocycles. The number of esters is 2. The molecule has 208 valence electrons. The van der Waals surface area contributed by atoms with Gasteiger partial charge in [0.15, 0.2) is 0 Å². The van der Waals surface area contributed by atoms with Crippen LogP contribution in [-0.2, 0) is 24.4 Å². The first-order valence-electron chi connectivity index (χ1n) is 12.3. The zero-order valence-electron chi connectivity index (χ0n) is 21.2. The molecule has 1 aliphatic rings. The number of carbonyl (C=O) groups excluding carboxylic acids is 2. The molecule has 2 aromatic carbocycles. The van der Waals surface area contributed by atoms with Crippen molar-refractivity contribution in [3.8, 4) is 0 Å². The Kier molecular flexibility index (Phi) is 9.46. The Morgan fingerprint density at radius 2 is 1.63 bits per heavy atom. The molecule has 3 rings (SSSR count). The van der Waals surface area contributed by atoms with Crippen LogP contribution in [0.25, 0.3) is 0 Å². The van der Waals surface area contributed by atoms with Crippen molar-refractivity contribution in [1.29, 1.82) is 0 Å². The molecule has 0 bridgehead atoms. The van der Waals surface area contributed by atoms with E-state index in [1.165, 1.54) is 29.3 Å². The number of benzene rings is 2. The van der Waals surface area contributed by atoms with Gasteiger partial charge in [0, 0.05) is 6.42 Å². The van der Waals surface area contributed by atoms with E-state index in [9.17, 15) is 22.6 Å². The molecule has 0 aliphatic carbocycles. The van der Waals surface area contributed by atoms with Crippen LogP contribution in [-0.4, -0.2) is 62.4 Å². The highest BCUT2D eigenvalue weighted by Gasteiger charge is 2.66. The fourth-order valence-electron chi connectivity index (χ4n) is 5.06. The van der Waals surface area contributed by atoms with Crippen molar-refractivity contribution in [1.82, 2.24) is 5.43 Å². The SMILES string of the molecule is CCOC(=O)C1(CCN)NN(c2ccc(S(=O)(=O)O)cc2)C(CCN)(OC(=O)c2ccccc2)C1CCN. The lowest BCUT2D eigenvalue weighted by Gasteiger charge is -2.42. The number of anilines is 1. The molecule has 0 radical (unpaired) electrons. The molecular formula is C25H35N5O7S. The first kappa shape index (κ1) is 29.5. The van der Waals surface area contributed by atoms with Crippen LogP contribution in [0.3, 0.4) is 0 Å². The molecule has 0 spiro atoms. The Bertz CT molecular complexity index is 1210. The molecule has 2 aromatic rings. The van der Waals surface area contributed by atoms with Gasteiger partial charge in [-0.3, -0.25) is 9.56 Å². The third kappa shape index (κ3) is 5.67. The summed E-state index contributed by atoms with van der Waals surface area (Å²) in [5, 5.41) is 1.50.